The fourth-order valence-electron chi connectivity index (χ4n) is 1.81. The molecular weight excluding hydrogens is 462 g/mol. The van der Waals surface area contributed by atoms with E-state index in [1.807, 2.05) is 18.2 Å². The third-order valence-electron chi connectivity index (χ3n) is 2.71. The Morgan fingerprint density at radius 2 is 1.84 bits per heavy atom. The van der Waals surface area contributed by atoms with Crippen LogP contribution in [0.15, 0.2) is 34.8 Å². The van der Waals surface area contributed by atoms with Gasteiger partial charge in [-0.05, 0) is 52.9 Å². The molecule has 0 radical (unpaired) electrons. The van der Waals surface area contributed by atoms with E-state index < -0.39 is 0 Å². The molecule has 0 atom stereocenters. The van der Waals surface area contributed by atoms with Gasteiger partial charge in [-0.1, -0.05) is 39.1 Å². The number of imidazole rings is 1. The van der Waals surface area contributed by atoms with Crippen LogP contribution in [-0.2, 0) is 0 Å². The zero-order valence-electron chi connectivity index (χ0n) is 9.35. The molecule has 0 aliphatic heterocycles. The Morgan fingerprint density at radius 1 is 1.11 bits per heavy atom. The van der Waals surface area contributed by atoms with E-state index in [1.54, 1.807) is 12.1 Å². The van der Waals surface area contributed by atoms with Crippen molar-refractivity contribution in [2.75, 3.05) is 0 Å². The van der Waals surface area contributed by atoms with Crippen molar-refractivity contribution in [1.82, 2.24) is 9.97 Å². The van der Waals surface area contributed by atoms with Gasteiger partial charge in [-0.15, -0.1) is 0 Å². The van der Waals surface area contributed by atoms with Gasteiger partial charge in [-0.2, -0.15) is 0 Å². The molecule has 3 rings (SSSR count). The Balaban J connectivity index is 2.23. The highest BCUT2D eigenvalue weighted by atomic mass is 127. The second-order valence-electron chi connectivity index (χ2n) is 3.99. The Labute approximate surface area is 141 Å². The minimum Gasteiger partial charge on any atom is -0.338 e. The molecule has 0 unspecified atom stereocenters. The lowest BCUT2D eigenvalue weighted by molar-refractivity contribution is 1.32. The highest BCUT2D eigenvalue weighted by Crippen LogP contribution is 2.31. The maximum atomic E-state index is 6.01. The lowest BCUT2D eigenvalue weighted by Gasteiger charge is -2.01. The fourth-order valence-corrected chi connectivity index (χ4v) is 3.09. The van der Waals surface area contributed by atoms with Crippen LogP contribution in [0.4, 0.5) is 0 Å². The molecule has 0 aliphatic rings. The number of hydrogen-bond acceptors (Lipinski definition) is 1. The largest absolute Gasteiger partial charge is 0.338 e. The lowest BCUT2D eigenvalue weighted by Crippen LogP contribution is -1.84. The summed E-state index contributed by atoms with van der Waals surface area (Å²) in [6.45, 7) is 0. The summed E-state index contributed by atoms with van der Waals surface area (Å²) in [5, 5.41) is 1.03. The third-order valence-corrected chi connectivity index (χ3v) is 4.86. The van der Waals surface area contributed by atoms with E-state index in [4.69, 9.17) is 23.2 Å². The molecule has 0 amide bonds. The summed E-state index contributed by atoms with van der Waals surface area (Å²) in [6.07, 6.45) is 0. The maximum Gasteiger partial charge on any atom is 0.139 e. The molecule has 0 bridgehead atoms. The first-order valence-electron chi connectivity index (χ1n) is 5.35. The summed E-state index contributed by atoms with van der Waals surface area (Å²) in [5.41, 5.74) is 2.72. The normalized spacial score (nSPS) is 11.2. The van der Waals surface area contributed by atoms with Gasteiger partial charge in [-0.25, -0.2) is 4.98 Å². The fraction of sp³-hybridized carbons (Fsp3) is 0. The molecule has 1 aromatic heterocycles. The van der Waals surface area contributed by atoms with Crippen molar-refractivity contribution in [3.05, 3.63) is 48.4 Å². The first kappa shape index (κ1) is 13.7. The van der Waals surface area contributed by atoms with Gasteiger partial charge in [0.05, 0.1) is 21.1 Å². The molecule has 96 valence electrons. The van der Waals surface area contributed by atoms with Gasteiger partial charge in [0.2, 0.25) is 0 Å². The average Bonchev–Trinajstić information content (AvgIpc) is 2.75. The first-order valence-corrected chi connectivity index (χ1v) is 7.97. The van der Waals surface area contributed by atoms with Gasteiger partial charge in [-0.3, -0.25) is 0 Å². The molecule has 0 fully saturated rings. The molecule has 3 aromatic rings. The predicted molar refractivity (Wildman–Crippen MR) is 92.0 cm³/mol. The van der Waals surface area contributed by atoms with Gasteiger partial charge >= 0.3 is 0 Å². The van der Waals surface area contributed by atoms with Gasteiger partial charge < -0.3 is 4.98 Å². The monoisotopic (exact) mass is 466 g/mol. The van der Waals surface area contributed by atoms with E-state index >= 15 is 0 Å². The summed E-state index contributed by atoms with van der Waals surface area (Å²) in [5.74, 6) is 0.805. The van der Waals surface area contributed by atoms with Gasteiger partial charge in [0.15, 0.2) is 0 Å². The van der Waals surface area contributed by atoms with Crippen molar-refractivity contribution in [3.8, 4) is 11.4 Å². The number of benzene rings is 2. The van der Waals surface area contributed by atoms with E-state index in [9.17, 15) is 0 Å². The zero-order valence-corrected chi connectivity index (χ0v) is 14.6. The minimum absolute atomic E-state index is 0.510. The molecular formula is C13H6BrCl2IN2. The SMILES string of the molecule is Clc1cc2nc(-c3cc(Br)ccc3I)[nH]c2cc1Cl. The Morgan fingerprint density at radius 3 is 2.63 bits per heavy atom. The molecule has 19 heavy (non-hydrogen) atoms. The van der Waals surface area contributed by atoms with Crippen LogP contribution in [-0.4, -0.2) is 9.97 Å². The summed E-state index contributed by atoms with van der Waals surface area (Å²) >= 11 is 17.8. The van der Waals surface area contributed by atoms with Crippen LogP contribution in [0, 0.1) is 3.57 Å². The highest BCUT2D eigenvalue weighted by molar-refractivity contribution is 14.1. The van der Waals surface area contributed by atoms with Crippen molar-refractivity contribution in [2.24, 2.45) is 0 Å². The zero-order chi connectivity index (χ0) is 13.6. The van der Waals surface area contributed by atoms with Crippen molar-refractivity contribution < 1.29 is 0 Å². The molecule has 0 aliphatic carbocycles. The Kier molecular flexibility index (Phi) is 3.77. The van der Waals surface area contributed by atoms with Crippen LogP contribution in [0.5, 0.6) is 0 Å². The van der Waals surface area contributed by atoms with Crippen LogP contribution in [0.3, 0.4) is 0 Å². The predicted octanol–water partition coefficient (Wildman–Crippen LogP) is 5.90. The highest BCUT2D eigenvalue weighted by Gasteiger charge is 2.11. The van der Waals surface area contributed by atoms with Crippen molar-refractivity contribution in [3.63, 3.8) is 0 Å². The van der Waals surface area contributed by atoms with Gasteiger partial charge in [0.1, 0.15) is 5.82 Å². The minimum atomic E-state index is 0.510. The summed E-state index contributed by atoms with van der Waals surface area (Å²) in [4.78, 5) is 7.83. The Bertz CT molecular complexity index is 747. The molecule has 2 aromatic carbocycles. The van der Waals surface area contributed by atoms with E-state index in [1.165, 1.54) is 0 Å². The summed E-state index contributed by atoms with van der Waals surface area (Å²) in [6, 6.07) is 9.63. The van der Waals surface area contributed by atoms with E-state index in [0.29, 0.717) is 10.0 Å². The number of hydrogen-bond donors (Lipinski definition) is 1. The van der Waals surface area contributed by atoms with Crippen molar-refractivity contribution in [2.45, 2.75) is 0 Å². The first-order chi connectivity index (χ1) is 9.04. The molecule has 6 heteroatoms. The quantitative estimate of drug-likeness (QED) is 0.443. The smallest absolute Gasteiger partial charge is 0.139 e. The van der Waals surface area contributed by atoms with Crippen LogP contribution in [0.2, 0.25) is 10.0 Å². The molecule has 0 spiro atoms. The van der Waals surface area contributed by atoms with Crippen molar-refractivity contribution in [1.29, 1.82) is 0 Å². The maximum absolute atomic E-state index is 6.01. The number of rotatable bonds is 1. The number of aromatic nitrogens is 2. The van der Waals surface area contributed by atoms with Crippen molar-refractivity contribution >= 4 is 72.8 Å². The van der Waals surface area contributed by atoms with Crippen LogP contribution in [0.1, 0.15) is 0 Å². The Hall–Kier alpha value is -0.300. The molecule has 1 N–H and O–H groups in total. The van der Waals surface area contributed by atoms with Gasteiger partial charge in [0, 0.05) is 13.6 Å². The van der Waals surface area contributed by atoms with E-state index in [0.717, 1.165) is 30.5 Å². The number of nitrogens with zero attached hydrogens (tertiary/aromatic N) is 1. The summed E-state index contributed by atoms with van der Waals surface area (Å²) < 4.78 is 2.14. The van der Waals surface area contributed by atoms with Crippen LogP contribution in [0.25, 0.3) is 22.4 Å². The summed E-state index contributed by atoms with van der Waals surface area (Å²) in [7, 11) is 0. The molecule has 2 nitrogen and oxygen atoms in total. The average molecular weight is 468 g/mol. The molecule has 0 saturated heterocycles. The molecule has 1 heterocycles. The topological polar surface area (TPSA) is 28.7 Å². The second kappa shape index (κ2) is 5.24. The van der Waals surface area contributed by atoms with E-state index in [2.05, 4.69) is 48.5 Å². The number of aromatic amines is 1. The van der Waals surface area contributed by atoms with Crippen LogP contribution < -0.4 is 0 Å². The third kappa shape index (κ3) is 2.63. The number of nitrogens with one attached hydrogen (secondary N) is 1. The van der Waals surface area contributed by atoms with Crippen LogP contribution >= 0.6 is 61.7 Å². The molecule has 0 saturated carbocycles. The number of halogens is 4. The number of fused-ring (bicyclic) bond motifs is 1. The number of H-pyrrole nitrogens is 1. The standard InChI is InChI=1S/C13H6BrCl2IN2/c14-6-1-2-10(17)7(3-6)13-18-11-4-8(15)9(16)5-12(11)19-13/h1-5H,(H,18,19). The second-order valence-corrected chi connectivity index (χ2v) is 6.89. The lowest BCUT2D eigenvalue weighted by atomic mass is 10.2. The van der Waals surface area contributed by atoms with E-state index in [-0.39, 0.29) is 0 Å². The van der Waals surface area contributed by atoms with Gasteiger partial charge in [0.25, 0.3) is 0 Å².